The standard InChI is InChI=1S/C42H24N4OS/c1-3-12-25(13-4-1)37-30-19-7-9-20-33(30)43-41(44-37)27-16-11-17-28(22-27)42-45-38(26-14-5-2-6-15-26)40-39(46-42)32-23-31-29-18-8-10-21-35(29)48-36(31)24-34(32)47-40/h1-24H. The summed E-state index contributed by atoms with van der Waals surface area (Å²) < 4.78 is 9.03. The summed E-state index contributed by atoms with van der Waals surface area (Å²) in [4.78, 5) is 20.5. The molecule has 0 saturated carbocycles. The lowest BCUT2D eigenvalue weighted by molar-refractivity contribution is 0.668. The van der Waals surface area contributed by atoms with Crippen LogP contribution in [0.3, 0.4) is 0 Å². The van der Waals surface area contributed by atoms with E-state index in [0.717, 1.165) is 61.0 Å². The lowest BCUT2D eigenvalue weighted by Crippen LogP contribution is -1.97. The Bertz CT molecular complexity index is 2840. The molecule has 5 nitrogen and oxygen atoms in total. The van der Waals surface area contributed by atoms with Gasteiger partial charge in [0, 0.05) is 53.2 Å². The minimum Gasteiger partial charge on any atom is -0.452 e. The molecule has 0 aliphatic rings. The molecule has 0 radical (unpaired) electrons. The summed E-state index contributed by atoms with van der Waals surface area (Å²) in [7, 11) is 0. The fourth-order valence-corrected chi connectivity index (χ4v) is 7.72. The highest BCUT2D eigenvalue weighted by Crippen LogP contribution is 2.41. The van der Waals surface area contributed by atoms with E-state index < -0.39 is 0 Å². The zero-order chi connectivity index (χ0) is 31.6. The Morgan fingerprint density at radius 2 is 1.04 bits per heavy atom. The fraction of sp³-hybridized carbons (Fsp3) is 0. The van der Waals surface area contributed by atoms with Crippen molar-refractivity contribution in [2.24, 2.45) is 0 Å². The van der Waals surface area contributed by atoms with Gasteiger partial charge in [-0.15, -0.1) is 11.3 Å². The second kappa shape index (κ2) is 10.7. The summed E-state index contributed by atoms with van der Waals surface area (Å²) in [6.45, 7) is 0. The van der Waals surface area contributed by atoms with Crippen LogP contribution in [0, 0.1) is 0 Å². The van der Waals surface area contributed by atoms with E-state index in [0.29, 0.717) is 17.2 Å². The monoisotopic (exact) mass is 632 g/mol. The molecule has 0 spiro atoms. The van der Waals surface area contributed by atoms with E-state index in [1.807, 2.05) is 72.8 Å². The molecule has 0 N–H and O–H groups in total. The lowest BCUT2D eigenvalue weighted by atomic mass is 10.0. The Morgan fingerprint density at radius 3 is 1.83 bits per heavy atom. The molecule has 4 aromatic heterocycles. The van der Waals surface area contributed by atoms with Gasteiger partial charge in [0.05, 0.1) is 11.2 Å². The number of aromatic nitrogens is 4. The van der Waals surface area contributed by atoms with Gasteiger partial charge in [-0.25, -0.2) is 19.9 Å². The zero-order valence-corrected chi connectivity index (χ0v) is 26.3. The largest absolute Gasteiger partial charge is 0.452 e. The number of hydrogen-bond acceptors (Lipinski definition) is 6. The van der Waals surface area contributed by atoms with Gasteiger partial charge in [-0.1, -0.05) is 115 Å². The third-order valence-electron chi connectivity index (χ3n) is 8.89. The van der Waals surface area contributed by atoms with Gasteiger partial charge in [0.25, 0.3) is 0 Å². The Labute approximate surface area is 278 Å². The predicted octanol–water partition coefficient (Wildman–Crippen LogP) is 11.4. The number of fused-ring (bicyclic) bond motifs is 7. The first-order valence-corrected chi connectivity index (χ1v) is 16.6. The average Bonchev–Trinajstić information content (AvgIpc) is 3.71. The van der Waals surface area contributed by atoms with E-state index in [9.17, 15) is 0 Å². The first kappa shape index (κ1) is 26.9. The number of furan rings is 1. The molecule has 0 unspecified atom stereocenters. The third-order valence-corrected chi connectivity index (χ3v) is 10.0. The molecule has 48 heavy (non-hydrogen) atoms. The SMILES string of the molecule is c1ccc(-c2nc(-c3cccc(-c4nc(-c5ccccc5)c5oc6cc7sc8ccccc8c7cc6c5n4)c3)nc3ccccc23)cc1. The maximum Gasteiger partial charge on any atom is 0.180 e. The van der Waals surface area contributed by atoms with Gasteiger partial charge in [-0.3, -0.25) is 0 Å². The summed E-state index contributed by atoms with van der Waals surface area (Å²) in [5.41, 5.74) is 8.64. The van der Waals surface area contributed by atoms with Crippen molar-refractivity contribution >= 4 is 64.5 Å². The van der Waals surface area contributed by atoms with Crippen molar-refractivity contribution < 1.29 is 4.42 Å². The minimum absolute atomic E-state index is 0.616. The van der Waals surface area contributed by atoms with Gasteiger partial charge in [0.15, 0.2) is 17.2 Å². The van der Waals surface area contributed by atoms with E-state index >= 15 is 0 Å². The van der Waals surface area contributed by atoms with Crippen LogP contribution in [-0.2, 0) is 0 Å². The number of hydrogen-bond donors (Lipinski definition) is 0. The quantitative estimate of drug-likeness (QED) is 0.193. The number of thiophene rings is 1. The Morgan fingerprint density at radius 1 is 0.417 bits per heavy atom. The average molecular weight is 633 g/mol. The van der Waals surface area contributed by atoms with Crippen molar-refractivity contribution in [2.45, 2.75) is 0 Å². The van der Waals surface area contributed by atoms with Crippen LogP contribution in [0.4, 0.5) is 0 Å². The van der Waals surface area contributed by atoms with Gasteiger partial charge in [0.2, 0.25) is 0 Å². The van der Waals surface area contributed by atoms with Gasteiger partial charge < -0.3 is 4.42 Å². The molecule has 0 saturated heterocycles. The molecule has 0 bridgehead atoms. The molecule has 6 aromatic carbocycles. The normalized spacial score (nSPS) is 11.8. The van der Waals surface area contributed by atoms with Crippen molar-refractivity contribution in [3.63, 3.8) is 0 Å². The number of benzene rings is 6. The molecular formula is C42H24N4OS. The highest BCUT2D eigenvalue weighted by atomic mass is 32.1. The zero-order valence-electron chi connectivity index (χ0n) is 25.5. The summed E-state index contributed by atoms with van der Waals surface area (Å²) in [5, 5.41) is 4.44. The molecule has 0 atom stereocenters. The summed E-state index contributed by atoms with van der Waals surface area (Å²) in [5.74, 6) is 1.27. The second-order valence-electron chi connectivity index (χ2n) is 11.8. The highest BCUT2D eigenvalue weighted by molar-refractivity contribution is 7.25. The Hall–Kier alpha value is -6.24. The van der Waals surface area contributed by atoms with Crippen molar-refractivity contribution in [2.75, 3.05) is 0 Å². The van der Waals surface area contributed by atoms with E-state index in [1.54, 1.807) is 11.3 Å². The van der Waals surface area contributed by atoms with E-state index in [-0.39, 0.29) is 0 Å². The second-order valence-corrected chi connectivity index (χ2v) is 12.9. The topological polar surface area (TPSA) is 64.7 Å². The van der Waals surface area contributed by atoms with Crippen LogP contribution in [0.5, 0.6) is 0 Å². The third kappa shape index (κ3) is 4.31. The van der Waals surface area contributed by atoms with Crippen molar-refractivity contribution in [3.05, 3.63) is 146 Å². The summed E-state index contributed by atoms with van der Waals surface area (Å²) >= 11 is 1.78. The maximum atomic E-state index is 6.58. The van der Waals surface area contributed by atoms with Crippen molar-refractivity contribution in [1.82, 2.24) is 19.9 Å². The van der Waals surface area contributed by atoms with E-state index in [2.05, 4.69) is 72.8 Å². The fourth-order valence-electron chi connectivity index (χ4n) is 6.60. The van der Waals surface area contributed by atoms with E-state index in [4.69, 9.17) is 24.4 Å². The molecule has 10 rings (SSSR count). The number of nitrogens with zero attached hydrogens (tertiary/aromatic N) is 4. The number of para-hydroxylation sites is 1. The lowest BCUT2D eigenvalue weighted by Gasteiger charge is -2.10. The molecule has 10 aromatic rings. The van der Waals surface area contributed by atoms with Crippen LogP contribution >= 0.6 is 11.3 Å². The molecule has 0 aliphatic heterocycles. The van der Waals surface area contributed by atoms with Crippen LogP contribution in [0.15, 0.2) is 150 Å². The van der Waals surface area contributed by atoms with Gasteiger partial charge >= 0.3 is 0 Å². The van der Waals surface area contributed by atoms with Crippen LogP contribution in [0.25, 0.3) is 98.4 Å². The van der Waals surface area contributed by atoms with Crippen LogP contribution < -0.4 is 0 Å². The van der Waals surface area contributed by atoms with Crippen LogP contribution in [-0.4, -0.2) is 19.9 Å². The molecule has 4 heterocycles. The Kier molecular flexibility index (Phi) is 5.98. The molecule has 6 heteroatoms. The van der Waals surface area contributed by atoms with Crippen LogP contribution in [0.2, 0.25) is 0 Å². The summed E-state index contributed by atoms with van der Waals surface area (Å²) in [6, 6.07) is 49.7. The molecule has 0 fully saturated rings. The van der Waals surface area contributed by atoms with Crippen molar-refractivity contribution in [3.8, 4) is 45.3 Å². The molecule has 0 amide bonds. The highest BCUT2D eigenvalue weighted by Gasteiger charge is 2.20. The molecular weight excluding hydrogens is 609 g/mol. The first-order valence-electron chi connectivity index (χ1n) is 15.8. The van der Waals surface area contributed by atoms with Gasteiger partial charge in [0.1, 0.15) is 16.8 Å². The van der Waals surface area contributed by atoms with Gasteiger partial charge in [-0.2, -0.15) is 0 Å². The maximum absolute atomic E-state index is 6.58. The van der Waals surface area contributed by atoms with Gasteiger partial charge in [-0.05, 0) is 30.3 Å². The van der Waals surface area contributed by atoms with Crippen LogP contribution in [0.1, 0.15) is 0 Å². The smallest absolute Gasteiger partial charge is 0.180 e. The number of rotatable bonds is 4. The molecule has 224 valence electrons. The Balaban J connectivity index is 1.19. The first-order chi connectivity index (χ1) is 23.8. The predicted molar refractivity (Wildman–Crippen MR) is 197 cm³/mol. The minimum atomic E-state index is 0.616. The molecule has 0 aliphatic carbocycles. The van der Waals surface area contributed by atoms with E-state index in [1.165, 1.54) is 20.2 Å². The summed E-state index contributed by atoms with van der Waals surface area (Å²) in [6.07, 6.45) is 0. The van der Waals surface area contributed by atoms with Crippen molar-refractivity contribution in [1.29, 1.82) is 0 Å².